The van der Waals surface area contributed by atoms with E-state index < -0.39 is 17.2 Å². The molecule has 0 radical (unpaired) electrons. The minimum atomic E-state index is -1.02. The second kappa shape index (κ2) is 9.93. The summed E-state index contributed by atoms with van der Waals surface area (Å²) in [5.74, 6) is -1.23. The fraction of sp³-hybridized carbons (Fsp3) is 0.320. The fourth-order valence-corrected chi connectivity index (χ4v) is 4.15. The Morgan fingerprint density at radius 1 is 1.03 bits per heavy atom. The average molecular weight is 481 g/mol. The molecule has 0 atom stereocenters. The lowest BCUT2D eigenvalue weighted by Crippen LogP contribution is -2.44. The first-order valence-electron chi connectivity index (χ1n) is 11.6. The minimum Gasteiger partial charge on any atom is -0.494 e. The summed E-state index contributed by atoms with van der Waals surface area (Å²) in [5.41, 5.74) is 1.04. The highest BCUT2D eigenvalue weighted by molar-refractivity contribution is 5.82. The molecule has 0 spiro atoms. The quantitative estimate of drug-likeness (QED) is 0.410. The summed E-state index contributed by atoms with van der Waals surface area (Å²) >= 11 is 0. The molecular weight excluding hydrogens is 454 g/mol. The Balaban J connectivity index is 1.22. The molecule has 0 bridgehead atoms. The molecule has 0 amide bonds. The summed E-state index contributed by atoms with van der Waals surface area (Å²) in [4.78, 5) is 19.9. The van der Waals surface area contributed by atoms with E-state index in [0.717, 1.165) is 62.7 Å². The van der Waals surface area contributed by atoms with E-state index in [1.165, 1.54) is 6.07 Å². The van der Waals surface area contributed by atoms with Crippen molar-refractivity contribution in [1.82, 2.24) is 29.8 Å². The third kappa shape index (κ3) is 5.23. The van der Waals surface area contributed by atoms with Crippen LogP contribution in [0.2, 0.25) is 0 Å². The number of rotatable bonds is 7. The van der Waals surface area contributed by atoms with Crippen LogP contribution < -0.4 is 10.3 Å². The maximum absolute atomic E-state index is 13.6. The number of pyridine rings is 1. The van der Waals surface area contributed by atoms with Crippen LogP contribution in [0.15, 0.2) is 53.5 Å². The Kier molecular flexibility index (Phi) is 6.56. The van der Waals surface area contributed by atoms with Gasteiger partial charge in [-0.3, -0.25) is 4.79 Å². The molecule has 0 aliphatic carbocycles. The second-order valence-electron chi connectivity index (χ2n) is 8.75. The monoisotopic (exact) mass is 480 g/mol. The fourth-order valence-electron chi connectivity index (χ4n) is 4.15. The number of piperazine rings is 1. The molecule has 35 heavy (non-hydrogen) atoms. The van der Waals surface area contributed by atoms with E-state index in [0.29, 0.717) is 17.7 Å². The van der Waals surface area contributed by atoms with Gasteiger partial charge in [-0.2, -0.15) is 0 Å². The number of ether oxygens (including phenoxy) is 1. The molecule has 5 rings (SSSR count). The maximum Gasteiger partial charge on any atom is 0.258 e. The van der Waals surface area contributed by atoms with Crippen molar-refractivity contribution in [3.63, 3.8) is 0 Å². The predicted molar refractivity (Wildman–Crippen MR) is 129 cm³/mol. The van der Waals surface area contributed by atoms with Gasteiger partial charge >= 0.3 is 0 Å². The Morgan fingerprint density at radius 3 is 2.54 bits per heavy atom. The Labute approximate surface area is 200 Å². The average Bonchev–Trinajstić information content (AvgIpc) is 3.34. The van der Waals surface area contributed by atoms with Gasteiger partial charge in [-0.15, -0.1) is 5.10 Å². The lowest BCUT2D eigenvalue weighted by molar-refractivity contribution is 0.145. The molecule has 1 aliphatic heterocycles. The largest absolute Gasteiger partial charge is 0.494 e. The molecular formula is C25H26F2N6O2. The third-order valence-electron chi connectivity index (χ3n) is 6.24. The summed E-state index contributed by atoms with van der Waals surface area (Å²) in [6.07, 6.45) is 2.58. The molecule has 0 unspecified atom stereocenters. The topological polar surface area (TPSA) is 79.3 Å². The number of halogens is 2. The zero-order valence-electron chi connectivity index (χ0n) is 19.4. The van der Waals surface area contributed by atoms with Crippen LogP contribution in [0, 0.1) is 11.6 Å². The van der Waals surface area contributed by atoms with Crippen LogP contribution in [0.1, 0.15) is 6.42 Å². The van der Waals surface area contributed by atoms with Gasteiger partial charge in [-0.05, 0) is 49.9 Å². The number of aromatic amines is 1. The van der Waals surface area contributed by atoms with Gasteiger partial charge in [0.15, 0.2) is 11.6 Å². The standard InChI is InChI=1S/C25H26F2N6O2/c1-31-8-10-32(11-9-31)7-2-12-35-19-5-3-18(4-6-19)33-16-24(29-30-33)20-13-17-14-21(26)22(27)15-23(17)28-25(20)34/h3-6,13-16H,2,7-12H2,1H3,(H,28,34). The molecule has 3 heterocycles. The van der Waals surface area contributed by atoms with Crippen LogP contribution in [0.3, 0.4) is 0 Å². The van der Waals surface area contributed by atoms with Gasteiger partial charge in [0.25, 0.3) is 5.56 Å². The number of nitrogens with zero attached hydrogens (tertiary/aromatic N) is 5. The van der Waals surface area contributed by atoms with Crippen LogP contribution in [0.5, 0.6) is 5.75 Å². The van der Waals surface area contributed by atoms with Crippen molar-refractivity contribution < 1.29 is 13.5 Å². The zero-order valence-corrected chi connectivity index (χ0v) is 19.4. The number of benzene rings is 2. The van der Waals surface area contributed by atoms with Crippen molar-refractivity contribution in [3.05, 3.63) is 70.6 Å². The number of hydrogen-bond acceptors (Lipinski definition) is 6. The Morgan fingerprint density at radius 2 is 1.77 bits per heavy atom. The van der Waals surface area contributed by atoms with Gasteiger partial charge in [-0.25, -0.2) is 13.5 Å². The molecule has 1 aliphatic rings. The maximum atomic E-state index is 13.6. The van der Waals surface area contributed by atoms with Crippen molar-refractivity contribution in [2.24, 2.45) is 0 Å². The van der Waals surface area contributed by atoms with Gasteiger partial charge in [0.05, 0.1) is 29.6 Å². The SMILES string of the molecule is CN1CCN(CCCOc2ccc(-n3cc(-c4cc5cc(F)c(F)cc5[nH]c4=O)nn3)cc2)CC1. The van der Waals surface area contributed by atoms with Crippen LogP contribution in [-0.4, -0.2) is 76.2 Å². The first kappa shape index (κ1) is 23.1. The molecule has 2 aromatic carbocycles. The molecule has 4 aromatic rings. The van der Waals surface area contributed by atoms with Gasteiger partial charge in [0.1, 0.15) is 11.4 Å². The first-order chi connectivity index (χ1) is 17.0. The number of H-pyrrole nitrogens is 1. The first-order valence-corrected chi connectivity index (χ1v) is 11.6. The summed E-state index contributed by atoms with van der Waals surface area (Å²) in [6, 6.07) is 10.9. The Bertz CT molecular complexity index is 1380. The van der Waals surface area contributed by atoms with E-state index in [1.54, 1.807) is 10.9 Å². The van der Waals surface area contributed by atoms with Crippen LogP contribution in [-0.2, 0) is 0 Å². The molecule has 0 saturated carbocycles. The van der Waals surface area contributed by atoms with E-state index in [9.17, 15) is 13.6 Å². The molecule has 1 saturated heterocycles. The molecule has 1 fully saturated rings. The van der Waals surface area contributed by atoms with Gasteiger partial charge in [0.2, 0.25) is 0 Å². The van der Waals surface area contributed by atoms with E-state index in [-0.39, 0.29) is 11.1 Å². The third-order valence-corrected chi connectivity index (χ3v) is 6.24. The summed E-state index contributed by atoms with van der Waals surface area (Å²) in [6.45, 7) is 6.11. The summed E-state index contributed by atoms with van der Waals surface area (Å²) in [7, 11) is 2.15. The molecule has 10 heteroatoms. The highest BCUT2D eigenvalue weighted by Crippen LogP contribution is 2.22. The lowest BCUT2D eigenvalue weighted by atomic mass is 10.1. The summed E-state index contributed by atoms with van der Waals surface area (Å²) < 4.78 is 34.5. The van der Waals surface area contributed by atoms with Crippen molar-refractivity contribution >= 4 is 10.9 Å². The van der Waals surface area contributed by atoms with Gasteiger partial charge in [0, 0.05) is 44.2 Å². The van der Waals surface area contributed by atoms with Crippen LogP contribution in [0.25, 0.3) is 27.8 Å². The van der Waals surface area contributed by atoms with E-state index in [1.807, 2.05) is 24.3 Å². The number of fused-ring (bicyclic) bond motifs is 1. The van der Waals surface area contributed by atoms with Gasteiger partial charge < -0.3 is 19.5 Å². The van der Waals surface area contributed by atoms with Crippen LogP contribution in [0.4, 0.5) is 8.78 Å². The number of hydrogen-bond donors (Lipinski definition) is 1. The Hall–Kier alpha value is -3.63. The minimum absolute atomic E-state index is 0.212. The second-order valence-corrected chi connectivity index (χ2v) is 8.75. The van der Waals surface area contributed by atoms with E-state index in [4.69, 9.17) is 4.74 Å². The number of likely N-dealkylation sites (N-methyl/N-ethyl adjacent to an activating group) is 1. The van der Waals surface area contributed by atoms with Crippen molar-refractivity contribution in [1.29, 1.82) is 0 Å². The van der Waals surface area contributed by atoms with Crippen LogP contribution >= 0.6 is 0 Å². The predicted octanol–water partition coefficient (Wildman–Crippen LogP) is 3.07. The number of nitrogens with one attached hydrogen (secondary N) is 1. The van der Waals surface area contributed by atoms with Gasteiger partial charge in [-0.1, -0.05) is 5.21 Å². The molecule has 1 N–H and O–H groups in total. The lowest BCUT2D eigenvalue weighted by Gasteiger charge is -2.32. The van der Waals surface area contributed by atoms with E-state index in [2.05, 4.69) is 32.1 Å². The molecule has 2 aromatic heterocycles. The highest BCUT2D eigenvalue weighted by Gasteiger charge is 2.14. The number of aromatic nitrogens is 4. The smallest absolute Gasteiger partial charge is 0.258 e. The highest BCUT2D eigenvalue weighted by atomic mass is 19.2. The van der Waals surface area contributed by atoms with E-state index >= 15 is 0 Å². The van der Waals surface area contributed by atoms with Crippen molar-refractivity contribution in [3.8, 4) is 22.7 Å². The van der Waals surface area contributed by atoms with Crippen molar-refractivity contribution in [2.45, 2.75) is 6.42 Å². The summed E-state index contributed by atoms with van der Waals surface area (Å²) in [5, 5.41) is 8.56. The molecule has 8 nitrogen and oxygen atoms in total. The normalized spacial score (nSPS) is 15.1. The zero-order chi connectivity index (χ0) is 24.4. The van der Waals surface area contributed by atoms with Crippen molar-refractivity contribution in [2.75, 3.05) is 46.4 Å². The molecule has 182 valence electrons.